The summed E-state index contributed by atoms with van der Waals surface area (Å²) in [4.78, 5) is 0. The molecule has 2 aromatic rings. The number of fused-ring (bicyclic) bond motifs is 1. The molecule has 2 atom stereocenters. The second kappa shape index (κ2) is 5.40. The summed E-state index contributed by atoms with van der Waals surface area (Å²) in [5, 5.41) is 12.1. The van der Waals surface area contributed by atoms with Gasteiger partial charge in [0.05, 0.1) is 12.2 Å². The molecule has 0 radical (unpaired) electrons. The number of hydrogen-bond acceptors (Lipinski definition) is 2. The fraction of sp³-hybridized carbons (Fsp3) is 0.375. The van der Waals surface area contributed by atoms with Crippen LogP contribution in [0.1, 0.15) is 38.9 Å². The van der Waals surface area contributed by atoms with E-state index in [1.807, 2.05) is 37.3 Å². The van der Waals surface area contributed by atoms with Crippen LogP contribution in [0.25, 0.3) is 10.8 Å². The van der Waals surface area contributed by atoms with Gasteiger partial charge < -0.3 is 9.84 Å². The molecular weight excluding hydrogens is 224 g/mol. The topological polar surface area (TPSA) is 29.5 Å². The van der Waals surface area contributed by atoms with Crippen LogP contribution in [0, 0.1) is 0 Å². The molecule has 2 heteroatoms. The van der Waals surface area contributed by atoms with E-state index in [2.05, 4.69) is 13.0 Å². The van der Waals surface area contributed by atoms with Crippen LogP contribution in [0.2, 0.25) is 0 Å². The first-order chi connectivity index (χ1) is 8.63. The molecule has 2 nitrogen and oxygen atoms in total. The van der Waals surface area contributed by atoms with Gasteiger partial charge in [0.25, 0.3) is 0 Å². The normalized spacial score (nSPS) is 14.4. The minimum Gasteiger partial charge on any atom is -0.490 e. The third-order valence-corrected chi connectivity index (χ3v) is 3.25. The lowest BCUT2D eigenvalue weighted by Crippen LogP contribution is -2.12. The Bertz CT molecular complexity index is 532. The van der Waals surface area contributed by atoms with Gasteiger partial charge in [-0.3, -0.25) is 0 Å². The maximum Gasteiger partial charge on any atom is 0.133 e. The van der Waals surface area contributed by atoms with Gasteiger partial charge in [-0.05, 0) is 25.7 Å². The van der Waals surface area contributed by atoms with Crippen LogP contribution in [0.5, 0.6) is 5.75 Å². The quantitative estimate of drug-likeness (QED) is 0.878. The molecule has 2 aromatic carbocycles. The predicted molar refractivity (Wildman–Crippen MR) is 75.0 cm³/mol. The van der Waals surface area contributed by atoms with Crippen molar-refractivity contribution in [1.29, 1.82) is 0 Å². The lowest BCUT2D eigenvalue weighted by Gasteiger charge is -2.19. The Labute approximate surface area is 108 Å². The second-order valence-electron chi connectivity index (χ2n) is 4.72. The van der Waals surface area contributed by atoms with Gasteiger partial charge in [0.2, 0.25) is 0 Å². The van der Waals surface area contributed by atoms with Crippen molar-refractivity contribution < 1.29 is 9.84 Å². The highest BCUT2D eigenvalue weighted by atomic mass is 16.5. The Morgan fingerprint density at radius 2 is 1.83 bits per heavy atom. The third-order valence-electron chi connectivity index (χ3n) is 3.25. The van der Waals surface area contributed by atoms with E-state index in [0.29, 0.717) is 0 Å². The summed E-state index contributed by atoms with van der Waals surface area (Å²) in [6.07, 6.45) is 0.574. The number of benzene rings is 2. The summed E-state index contributed by atoms with van der Waals surface area (Å²) >= 11 is 0. The Balaban J connectivity index is 2.59. The average Bonchev–Trinajstić information content (AvgIpc) is 2.38. The molecule has 0 heterocycles. The molecule has 0 aliphatic heterocycles. The number of aliphatic hydroxyl groups is 1. The van der Waals surface area contributed by atoms with Crippen LogP contribution < -0.4 is 4.74 Å². The van der Waals surface area contributed by atoms with E-state index in [1.54, 1.807) is 6.92 Å². The fourth-order valence-electron chi connectivity index (χ4n) is 2.00. The molecule has 0 saturated carbocycles. The van der Waals surface area contributed by atoms with Crippen LogP contribution in [-0.2, 0) is 0 Å². The van der Waals surface area contributed by atoms with Gasteiger partial charge >= 0.3 is 0 Å². The SMILES string of the molecule is CCC(C)Oc1c([C@@H](C)O)ccc2ccccc12. The zero-order chi connectivity index (χ0) is 13.1. The molecule has 96 valence electrons. The monoisotopic (exact) mass is 244 g/mol. The highest BCUT2D eigenvalue weighted by molar-refractivity contribution is 5.89. The molecule has 1 N–H and O–H groups in total. The van der Waals surface area contributed by atoms with Crippen LogP contribution in [-0.4, -0.2) is 11.2 Å². The molecule has 0 fully saturated rings. The Morgan fingerprint density at radius 3 is 2.50 bits per heavy atom. The molecule has 0 spiro atoms. The Kier molecular flexibility index (Phi) is 3.87. The lowest BCUT2D eigenvalue weighted by atomic mass is 10.0. The highest BCUT2D eigenvalue weighted by Gasteiger charge is 2.14. The van der Waals surface area contributed by atoms with E-state index in [4.69, 9.17) is 4.74 Å². The molecule has 0 aliphatic carbocycles. The number of rotatable bonds is 4. The number of aliphatic hydroxyl groups excluding tert-OH is 1. The zero-order valence-electron chi connectivity index (χ0n) is 11.2. The lowest BCUT2D eigenvalue weighted by molar-refractivity contribution is 0.178. The highest BCUT2D eigenvalue weighted by Crippen LogP contribution is 2.34. The van der Waals surface area contributed by atoms with E-state index in [0.717, 1.165) is 28.5 Å². The molecule has 0 saturated heterocycles. The smallest absolute Gasteiger partial charge is 0.133 e. The molecule has 2 rings (SSSR count). The molecule has 0 aromatic heterocycles. The summed E-state index contributed by atoms with van der Waals surface area (Å²) in [7, 11) is 0. The first kappa shape index (κ1) is 12.9. The van der Waals surface area contributed by atoms with Crippen LogP contribution >= 0.6 is 0 Å². The maximum absolute atomic E-state index is 9.87. The van der Waals surface area contributed by atoms with E-state index >= 15 is 0 Å². The number of ether oxygens (including phenoxy) is 1. The van der Waals surface area contributed by atoms with Gasteiger partial charge in [-0.15, -0.1) is 0 Å². The van der Waals surface area contributed by atoms with Crippen molar-refractivity contribution in [1.82, 2.24) is 0 Å². The van der Waals surface area contributed by atoms with E-state index in [-0.39, 0.29) is 6.10 Å². The second-order valence-corrected chi connectivity index (χ2v) is 4.72. The van der Waals surface area contributed by atoms with Crippen molar-refractivity contribution in [3.05, 3.63) is 42.0 Å². The third kappa shape index (κ3) is 2.49. The van der Waals surface area contributed by atoms with Gasteiger partial charge in [0, 0.05) is 10.9 Å². The predicted octanol–water partition coefficient (Wildman–Crippen LogP) is 4.07. The van der Waals surface area contributed by atoms with Crippen LogP contribution in [0.4, 0.5) is 0 Å². The van der Waals surface area contributed by atoms with Crippen LogP contribution in [0.3, 0.4) is 0 Å². The molecule has 18 heavy (non-hydrogen) atoms. The van der Waals surface area contributed by atoms with Crippen molar-refractivity contribution >= 4 is 10.8 Å². The van der Waals surface area contributed by atoms with E-state index in [1.165, 1.54) is 0 Å². The first-order valence-electron chi connectivity index (χ1n) is 6.49. The molecule has 0 bridgehead atoms. The Hall–Kier alpha value is -1.54. The van der Waals surface area contributed by atoms with Gasteiger partial charge in [0.15, 0.2) is 0 Å². The van der Waals surface area contributed by atoms with Crippen molar-refractivity contribution in [2.75, 3.05) is 0 Å². The standard InChI is InChI=1S/C16H20O2/c1-4-11(2)18-16-14(12(3)17)10-9-13-7-5-6-8-15(13)16/h5-12,17H,4H2,1-3H3/t11?,12-/m1/s1. The van der Waals surface area contributed by atoms with Crippen molar-refractivity contribution in [2.45, 2.75) is 39.4 Å². The summed E-state index contributed by atoms with van der Waals surface area (Å²) in [5.41, 5.74) is 0.856. The van der Waals surface area contributed by atoms with Gasteiger partial charge in [0.1, 0.15) is 5.75 Å². The van der Waals surface area contributed by atoms with Crippen LogP contribution in [0.15, 0.2) is 36.4 Å². The first-order valence-corrected chi connectivity index (χ1v) is 6.49. The van der Waals surface area contributed by atoms with Crippen molar-refractivity contribution in [3.63, 3.8) is 0 Å². The molecule has 1 unspecified atom stereocenters. The van der Waals surface area contributed by atoms with Gasteiger partial charge in [-0.2, -0.15) is 0 Å². The molecule has 0 amide bonds. The fourth-order valence-corrected chi connectivity index (χ4v) is 2.00. The Morgan fingerprint density at radius 1 is 1.11 bits per heavy atom. The summed E-state index contributed by atoms with van der Waals surface area (Å²) < 4.78 is 6.01. The molecule has 0 aliphatic rings. The zero-order valence-corrected chi connectivity index (χ0v) is 11.2. The maximum atomic E-state index is 9.87. The van der Waals surface area contributed by atoms with Crippen molar-refractivity contribution in [2.24, 2.45) is 0 Å². The average molecular weight is 244 g/mol. The minimum absolute atomic E-state index is 0.147. The summed E-state index contributed by atoms with van der Waals surface area (Å²) in [5.74, 6) is 0.817. The van der Waals surface area contributed by atoms with E-state index < -0.39 is 6.10 Å². The van der Waals surface area contributed by atoms with Gasteiger partial charge in [-0.25, -0.2) is 0 Å². The molecular formula is C16H20O2. The van der Waals surface area contributed by atoms with Crippen molar-refractivity contribution in [3.8, 4) is 5.75 Å². The summed E-state index contributed by atoms with van der Waals surface area (Å²) in [6.45, 7) is 5.92. The summed E-state index contributed by atoms with van der Waals surface area (Å²) in [6, 6.07) is 12.1. The largest absolute Gasteiger partial charge is 0.490 e. The van der Waals surface area contributed by atoms with Gasteiger partial charge in [-0.1, -0.05) is 43.3 Å². The number of hydrogen-bond donors (Lipinski definition) is 1. The van der Waals surface area contributed by atoms with E-state index in [9.17, 15) is 5.11 Å². The minimum atomic E-state index is -0.520.